The van der Waals surface area contributed by atoms with E-state index >= 15 is 0 Å². The Labute approximate surface area is 83.4 Å². The predicted molar refractivity (Wildman–Crippen MR) is 52.1 cm³/mol. The van der Waals surface area contributed by atoms with Gasteiger partial charge in [0.05, 0.1) is 23.5 Å². The summed E-state index contributed by atoms with van der Waals surface area (Å²) in [5.41, 5.74) is 0.455. The number of rotatable bonds is 1. The van der Waals surface area contributed by atoms with Gasteiger partial charge >= 0.3 is 0 Å². The van der Waals surface area contributed by atoms with E-state index in [0.29, 0.717) is 0 Å². The Bertz CT molecular complexity index is 410. The van der Waals surface area contributed by atoms with Crippen LogP contribution in [-0.4, -0.2) is 0 Å². The molecule has 2 nitrogen and oxygen atoms in total. The van der Waals surface area contributed by atoms with Crippen molar-refractivity contribution < 1.29 is 0 Å². The van der Waals surface area contributed by atoms with Crippen molar-refractivity contribution in [2.75, 3.05) is 0 Å². The van der Waals surface area contributed by atoms with Crippen LogP contribution in [0, 0.1) is 28.6 Å². The smallest absolute Gasteiger partial charge is 0.0980 e. The van der Waals surface area contributed by atoms with Crippen LogP contribution in [0.4, 0.5) is 0 Å². The van der Waals surface area contributed by atoms with Gasteiger partial charge in [0.1, 0.15) is 0 Å². The summed E-state index contributed by atoms with van der Waals surface area (Å²) in [6.07, 6.45) is 1.66. The topological polar surface area (TPSA) is 47.6 Å². The largest absolute Gasteiger partial charge is 0.198 e. The van der Waals surface area contributed by atoms with Crippen molar-refractivity contribution in [2.24, 2.45) is 5.92 Å². The molecular weight excluding hydrogens is 172 g/mol. The maximum atomic E-state index is 9.19. The van der Waals surface area contributed by atoms with E-state index in [4.69, 9.17) is 5.26 Å². The van der Waals surface area contributed by atoms with E-state index in [-0.39, 0.29) is 5.92 Å². The molecule has 0 aromatic heterocycles. The molecule has 14 heavy (non-hydrogen) atoms. The zero-order valence-electron chi connectivity index (χ0n) is 7.77. The number of nitriles is 2. The Balaban J connectivity index is 2.42. The molecule has 1 aromatic carbocycles. The number of hydrogen-bond donors (Lipinski definition) is 0. The summed E-state index contributed by atoms with van der Waals surface area (Å²) in [4.78, 5) is 0. The second-order valence-electron chi connectivity index (χ2n) is 3.67. The summed E-state index contributed by atoms with van der Waals surface area (Å²) in [6, 6.07) is 14.2. The molecule has 2 unspecified atom stereocenters. The lowest BCUT2D eigenvalue weighted by Gasteiger charge is -2.40. The third-order valence-corrected chi connectivity index (χ3v) is 3.07. The van der Waals surface area contributed by atoms with Gasteiger partial charge in [-0.25, -0.2) is 0 Å². The highest BCUT2D eigenvalue weighted by Crippen LogP contribution is 2.47. The molecule has 2 atom stereocenters. The van der Waals surface area contributed by atoms with Crippen LogP contribution >= 0.6 is 0 Å². The van der Waals surface area contributed by atoms with Crippen LogP contribution in [-0.2, 0) is 5.41 Å². The number of hydrogen-bond acceptors (Lipinski definition) is 2. The monoisotopic (exact) mass is 182 g/mol. The normalized spacial score (nSPS) is 29.7. The van der Waals surface area contributed by atoms with Crippen molar-refractivity contribution in [1.29, 1.82) is 10.5 Å². The zero-order chi connectivity index (χ0) is 10.0. The van der Waals surface area contributed by atoms with E-state index < -0.39 is 5.41 Å². The molecule has 1 aromatic rings. The third kappa shape index (κ3) is 1.01. The molecule has 68 valence electrons. The molecule has 0 heterocycles. The summed E-state index contributed by atoms with van der Waals surface area (Å²) in [5.74, 6) is -0.130. The lowest BCUT2D eigenvalue weighted by Crippen LogP contribution is -2.42. The molecule has 1 saturated carbocycles. The first-order valence-corrected chi connectivity index (χ1v) is 4.70. The van der Waals surface area contributed by atoms with E-state index in [2.05, 4.69) is 12.1 Å². The maximum absolute atomic E-state index is 9.19. The standard InChI is InChI=1S/C12H10N2/c13-8-11-6-7-12(11,9-14)10-4-2-1-3-5-10/h1-5,11H,6-7H2. The molecule has 2 heteroatoms. The molecule has 0 radical (unpaired) electrons. The van der Waals surface area contributed by atoms with Crippen LogP contribution in [0.25, 0.3) is 0 Å². The summed E-state index contributed by atoms with van der Waals surface area (Å²) >= 11 is 0. The van der Waals surface area contributed by atoms with Crippen molar-refractivity contribution in [3.05, 3.63) is 35.9 Å². The fourth-order valence-electron chi connectivity index (χ4n) is 2.03. The zero-order valence-corrected chi connectivity index (χ0v) is 7.77. The average molecular weight is 182 g/mol. The van der Waals surface area contributed by atoms with E-state index in [9.17, 15) is 5.26 Å². The second kappa shape index (κ2) is 3.16. The van der Waals surface area contributed by atoms with Gasteiger partial charge in [0.25, 0.3) is 0 Å². The third-order valence-electron chi connectivity index (χ3n) is 3.07. The van der Waals surface area contributed by atoms with Gasteiger partial charge in [-0.1, -0.05) is 30.3 Å². The fourth-order valence-corrected chi connectivity index (χ4v) is 2.03. The van der Waals surface area contributed by atoms with Gasteiger partial charge in [0.15, 0.2) is 0 Å². The highest BCUT2D eigenvalue weighted by Gasteiger charge is 2.48. The van der Waals surface area contributed by atoms with Crippen molar-refractivity contribution in [2.45, 2.75) is 18.3 Å². The molecular formula is C12H10N2. The minimum Gasteiger partial charge on any atom is -0.198 e. The summed E-state index contributed by atoms with van der Waals surface area (Å²) in [6.45, 7) is 0. The van der Waals surface area contributed by atoms with E-state index in [1.54, 1.807) is 0 Å². The molecule has 2 rings (SSSR count). The first-order chi connectivity index (χ1) is 6.83. The Morgan fingerprint density at radius 3 is 2.36 bits per heavy atom. The molecule has 1 aliphatic rings. The Hall–Kier alpha value is -1.80. The Morgan fingerprint density at radius 2 is 1.93 bits per heavy atom. The average Bonchev–Trinajstić information content (AvgIpc) is 2.20. The Morgan fingerprint density at radius 1 is 1.21 bits per heavy atom. The van der Waals surface area contributed by atoms with Crippen LogP contribution in [0.2, 0.25) is 0 Å². The highest BCUT2D eigenvalue weighted by molar-refractivity contribution is 5.39. The first-order valence-electron chi connectivity index (χ1n) is 4.70. The molecule has 1 aliphatic carbocycles. The summed E-state index contributed by atoms with van der Waals surface area (Å²) < 4.78 is 0. The lowest BCUT2D eigenvalue weighted by molar-refractivity contribution is 0.240. The molecule has 0 N–H and O–H groups in total. The molecule has 0 amide bonds. The van der Waals surface area contributed by atoms with Gasteiger partial charge < -0.3 is 0 Å². The van der Waals surface area contributed by atoms with Gasteiger partial charge in [0.2, 0.25) is 0 Å². The minimum atomic E-state index is -0.532. The van der Waals surface area contributed by atoms with Crippen LogP contribution < -0.4 is 0 Å². The maximum Gasteiger partial charge on any atom is 0.0980 e. The van der Waals surface area contributed by atoms with Crippen LogP contribution in [0.3, 0.4) is 0 Å². The fraction of sp³-hybridized carbons (Fsp3) is 0.333. The second-order valence-corrected chi connectivity index (χ2v) is 3.67. The van der Waals surface area contributed by atoms with E-state index in [0.717, 1.165) is 18.4 Å². The molecule has 1 fully saturated rings. The van der Waals surface area contributed by atoms with Crippen LogP contribution in [0.1, 0.15) is 18.4 Å². The first kappa shape index (κ1) is 8.78. The van der Waals surface area contributed by atoms with E-state index in [1.807, 2.05) is 30.3 Å². The van der Waals surface area contributed by atoms with Gasteiger partial charge in [-0.3, -0.25) is 0 Å². The van der Waals surface area contributed by atoms with Gasteiger partial charge in [-0.15, -0.1) is 0 Å². The molecule has 0 aliphatic heterocycles. The SMILES string of the molecule is N#CC1CCC1(C#N)c1ccccc1. The quantitative estimate of drug-likeness (QED) is 0.669. The number of nitrogens with zero attached hydrogens (tertiary/aromatic N) is 2. The van der Waals surface area contributed by atoms with Crippen molar-refractivity contribution in [1.82, 2.24) is 0 Å². The predicted octanol–water partition coefficient (Wildman–Crippen LogP) is 2.38. The highest BCUT2D eigenvalue weighted by atomic mass is 14.5. The molecule has 0 spiro atoms. The van der Waals surface area contributed by atoms with Crippen LogP contribution in [0.15, 0.2) is 30.3 Å². The molecule has 0 saturated heterocycles. The van der Waals surface area contributed by atoms with Crippen molar-refractivity contribution in [3.63, 3.8) is 0 Å². The Kier molecular flexibility index (Phi) is 1.98. The summed E-state index contributed by atoms with van der Waals surface area (Å²) in [5, 5.41) is 18.1. The lowest BCUT2D eigenvalue weighted by atomic mass is 9.58. The van der Waals surface area contributed by atoms with Crippen LogP contribution in [0.5, 0.6) is 0 Å². The van der Waals surface area contributed by atoms with Gasteiger partial charge in [-0.2, -0.15) is 10.5 Å². The molecule has 0 bridgehead atoms. The number of benzene rings is 1. The van der Waals surface area contributed by atoms with Gasteiger partial charge in [-0.05, 0) is 18.4 Å². The van der Waals surface area contributed by atoms with Crippen molar-refractivity contribution >= 4 is 0 Å². The van der Waals surface area contributed by atoms with E-state index in [1.165, 1.54) is 0 Å². The summed E-state index contributed by atoms with van der Waals surface area (Å²) in [7, 11) is 0. The van der Waals surface area contributed by atoms with Gasteiger partial charge in [0, 0.05) is 0 Å². The minimum absolute atomic E-state index is 0.130. The van der Waals surface area contributed by atoms with Crippen molar-refractivity contribution in [3.8, 4) is 12.1 Å².